The molecule has 0 fully saturated rings. The largest absolute Gasteiger partial charge is 0.480 e. The summed E-state index contributed by atoms with van der Waals surface area (Å²) in [6, 6.07) is 7.19. The summed E-state index contributed by atoms with van der Waals surface area (Å²) in [5, 5.41) is 12.0. The second kappa shape index (κ2) is 5.95. The lowest BCUT2D eigenvalue weighted by molar-refractivity contribution is -0.138. The Morgan fingerprint density at radius 1 is 1.53 bits per heavy atom. The van der Waals surface area contributed by atoms with E-state index in [1.165, 1.54) is 0 Å². The Hall–Kier alpha value is -0.780. The van der Waals surface area contributed by atoms with Gasteiger partial charge in [-0.3, -0.25) is 0 Å². The second-order valence-corrected chi connectivity index (χ2v) is 4.47. The first kappa shape index (κ1) is 12.3. The van der Waals surface area contributed by atoms with Gasteiger partial charge < -0.3 is 10.4 Å². The van der Waals surface area contributed by atoms with Crippen molar-refractivity contribution in [2.24, 2.45) is 0 Å². The maximum atomic E-state index is 10.9. The van der Waals surface area contributed by atoms with Crippen molar-refractivity contribution in [2.75, 3.05) is 5.32 Å². The van der Waals surface area contributed by atoms with Gasteiger partial charge in [-0.2, -0.15) is 0 Å². The van der Waals surface area contributed by atoms with Crippen molar-refractivity contribution in [3.63, 3.8) is 0 Å². The standard InChI is InChI=1S/C11H14INO2/c1-2-5-10(11(14)15)13-9-7-4-3-6-8(9)12/h3-4,6-7,10,13H,2,5H2,1H3,(H,14,15). The number of hydrogen-bond donors (Lipinski definition) is 2. The summed E-state index contributed by atoms with van der Waals surface area (Å²) in [6.45, 7) is 1.98. The van der Waals surface area contributed by atoms with E-state index in [1.54, 1.807) is 0 Å². The molecule has 0 bridgehead atoms. The number of nitrogens with one attached hydrogen (secondary N) is 1. The molecular formula is C11H14INO2. The van der Waals surface area contributed by atoms with Crippen LogP contribution in [0.15, 0.2) is 24.3 Å². The molecule has 3 nitrogen and oxygen atoms in total. The van der Waals surface area contributed by atoms with E-state index in [-0.39, 0.29) is 0 Å². The topological polar surface area (TPSA) is 49.3 Å². The maximum absolute atomic E-state index is 10.9. The number of para-hydroxylation sites is 1. The van der Waals surface area contributed by atoms with Crippen LogP contribution in [0, 0.1) is 3.57 Å². The van der Waals surface area contributed by atoms with Crippen LogP contribution in [0.4, 0.5) is 5.69 Å². The monoisotopic (exact) mass is 319 g/mol. The fraction of sp³-hybridized carbons (Fsp3) is 0.364. The first-order valence-corrected chi connectivity index (χ1v) is 5.97. The molecule has 15 heavy (non-hydrogen) atoms. The number of carboxylic acids is 1. The highest BCUT2D eigenvalue weighted by molar-refractivity contribution is 14.1. The predicted octanol–water partition coefficient (Wildman–Crippen LogP) is 2.96. The number of halogens is 1. The summed E-state index contributed by atoms with van der Waals surface area (Å²) < 4.78 is 1.04. The fourth-order valence-electron chi connectivity index (χ4n) is 1.31. The molecule has 0 heterocycles. The van der Waals surface area contributed by atoms with Crippen molar-refractivity contribution >= 4 is 34.2 Å². The summed E-state index contributed by atoms with van der Waals surface area (Å²) in [5.74, 6) is -0.795. The van der Waals surface area contributed by atoms with Crippen LogP contribution in [0.2, 0.25) is 0 Å². The zero-order valence-electron chi connectivity index (χ0n) is 8.53. The molecule has 0 amide bonds. The summed E-state index contributed by atoms with van der Waals surface area (Å²) >= 11 is 2.19. The Morgan fingerprint density at radius 3 is 2.73 bits per heavy atom. The Bertz CT molecular complexity index is 341. The van der Waals surface area contributed by atoms with Gasteiger partial charge in [0.2, 0.25) is 0 Å². The molecule has 0 radical (unpaired) electrons. The molecule has 1 unspecified atom stereocenters. The molecule has 0 saturated heterocycles. The Labute approximate surface area is 103 Å². The van der Waals surface area contributed by atoms with Crippen molar-refractivity contribution in [1.29, 1.82) is 0 Å². The van der Waals surface area contributed by atoms with Crippen LogP contribution in [0.3, 0.4) is 0 Å². The molecule has 0 aliphatic heterocycles. The molecule has 2 N–H and O–H groups in total. The molecule has 82 valence electrons. The molecule has 1 atom stereocenters. The van der Waals surface area contributed by atoms with Crippen LogP contribution >= 0.6 is 22.6 Å². The summed E-state index contributed by atoms with van der Waals surface area (Å²) in [5.41, 5.74) is 0.888. The van der Waals surface area contributed by atoms with Gasteiger partial charge in [-0.25, -0.2) is 4.79 Å². The first-order chi connectivity index (χ1) is 7.15. The van der Waals surface area contributed by atoms with E-state index in [4.69, 9.17) is 5.11 Å². The summed E-state index contributed by atoms with van der Waals surface area (Å²) in [6.07, 6.45) is 1.49. The highest BCUT2D eigenvalue weighted by atomic mass is 127. The maximum Gasteiger partial charge on any atom is 0.326 e. The smallest absolute Gasteiger partial charge is 0.326 e. The summed E-state index contributed by atoms with van der Waals surface area (Å²) in [7, 11) is 0. The number of benzene rings is 1. The predicted molar refractivity (Wildman–Crippen MR) is 69.1 cm³/mol. The number of rotatable bonds is 5. The van der Waals surface area contributed by atoms with E-state index < -0.39 is 12.0 Å². The van der Waals surface area contributed by atoms with E-state index in [2.05, 4.69) is 27.9 Å². The minimum atomic E-state index is -0.795. The number of anilines is 1. The van der Waals surface area contributed by atoms with Gasteiger partial charge >= 0.3 is 5.97 Å². The van der Waals surface area contributed by atoms with Gasteiger partial charge in [0, 0.05) is 9.26 Å². The van der Waals surface area contributed by atoms with Crippen molar-refractivity contribution in [1.82, 2.24) is 0 Å². The van der Waals surface area contributed by atoms with Gasteiger partial charge in [0.1, 0.15) is 6.04 Å². The van der Waals surface area contributed by atoms with Gasteiger partial charge in [-0.05, 0) is 41.1 Å². The number of carboxylic acid groups (broad SMARTS) is 1. The third kappa shape index (κ3) is 3.70. The van der Waals surface area contributed by atoms with E-state index in [1.807, 2.05) is 31.2 Å². The first-order valence-electron chi connectivity index (χ1n) is 4.89. The number of aliphatic carboxylic acids is 1. The minimum absolute atomic E-state index is 0.495. The lowest BCUT2D eigenvalue weighted by atomic mass is 10.1. The molecule has 1 aromatic carbocycles. The molecule has 0 aliphatic carbocycles. The molecule has 0 spiro atoms. The minimum Gasteiger partial charge on any atom is -0.480 e. The quantitative estimate of drug-likeness (QED) is 0.821. The van der Waals surface area contributed by atoms with E-state index in [0.29, 0.717) is 6.42 Å². The molecular weight excluding hydrogens is 305 g/mol. The van der Waals surface area contributed by atoms with E-state index >= 15 is 0 Å². The number of hydrogen-bond acceptors (Lipinski definition) is 2. The van der Waals surface area contributed by atoms with Crippen molar-refractivity contribution in [2.45, 2.75) is 25.8 Å². The highest BCUT2D eigenvalue weighted by Gasteiger charge is 2.16. The van der Waals surface area contributed by atoms with Gasteiger partial charge in [-0.15, -0.1) is 0 Å². The van der Waals surface area contributed by atoms with Gasteiger partial charge in [0.15, 0.2) is 0 Å². The second-order valence-electron chi connectivity index (χ2n) is 3.30. The molecule has 1 rings (SSSR count). The third-order valence-corrected chi connectivity index (χ3v) is 3.02. The van der Waals surface area contributed by atoms with Crippen LogP contribution in [0.1, 0.15) is 19.8 Å². The van der Waals surface area contributed by atoms with Crippen LogP contribution in [-0.4, -0.2) is 17.1 Å². The Balaban J connectivity index is 2.74. The molecule has 0 aromatic heterocycles. The lowest BCUT2D eigenvalue weighted by Crippen LogP contribution is -2.29. The highest BCUT2D eigenvalue weighted by Crippen LogP contribution is 2.18. The molecule has 0 aliphatic rings. The zero-order chi connectivity index (χ0) is 11.3. The molecule has 0 saturated carbocycles. The normalized spacial score (nSPS) is 12.1. The fourth-order valence-corrected chi connectivity index (χ4v) is 1.86. The third-order valence-electron chi connectivity index (χ3n) is 2.08. The van der Waals surface area contributed by atoms with Crippen molar-refractivity contribution in [3.8, 4) is 0 Å². The zero-order valence-corrected chi connectivity index (χ0v) is 10.7. The van der Waals surface area contributed by atoms with Crippen LogP contribution in [0.25, 0.3) is 0 Å². The molecule has 1 aromatic rings. The summed E-state index contributed by atoms with van der Waals surface area (Å²) in [4.78, 5) is 10.9. The van der Waals surface area contributed by atoms with Crippen molar-refractivity contribution in [3.05, 3.63) is 27.8 Å². The van der Waals surface area contributed by atoms with Gasteiger partial charge in [0.05, 0.1) is 0 Å². The average Bonchev–Trinajstić information content (AvgIpc) is 2.20. The van der Waals surface area contributed by atoms with Gasteiger partial charge in [0.25, 0.3) is 0 Å². The Morgan fingerprint density at radius 2 is 2.20 bits per heavy atom. The Kier molecular flexibility index (Phi) is 4.87. The van der Waals surface area contributed by atoms with Crippen molar-refractivity contribution < 1.29 is 9.90 Å². The van der Waals surface area contributed by atoms with Gasteiger partial charge in [-0.1, -0.05) is 25.5 Å². The van der Waals surface area contributed by atoms with Crippen LogP contribution in [0.5, 0.6) is 0 Å². The number of carbonyl (C=O) groups is 1. The van der Waals surface area contributed by atoms with E-state index in [0.717, 1.165) is 15.7 Å². The lowest BCUT2D eigenvalue weighted by Gasteiger charge is -2.15. The van der Waals surface area contributed by atoms with Crippen LogP contribution < -0.4 is 5.32 Å². The average molecular weight is 319 g/mol. The molecule has 4 heteroatoms. The SMILES string of the molecule is CCCC(Nc1ccccc1I)C(=O)O. The van der Waals surface area contributed by atoms with Crippen LogP contribution in [-0.2, 0) is 4.79 Å². The van der Waals surface area contributed by atoms with E-state index in [9.17, 15) is 4.79 Å².